The van der Waals surface area contributed by atoms with Crippen molar-refractivity contribution in [3.8, 4) is 0 Å². The van der Waals surface area contributed by atoms with Crippen molar-refractivity contribution in [3.05, 3.63) is 71.3 Å². The number of hydrogen-bond donors (Lipinski definition) is 0. The molecule has 0 N–H and O–H groups in total. The van der Waals surface area contributed by atoms with E-state index in [2.05, 4.69) is 80.3 Å². The van der Waals surface area contributed by atoms with Gasteiger partial charge in [0.1, 0.15) is 0 Å². The van der Waals surface area contributed by atoms with E-state index >= 15 is 0 Å². The normalized spacial score (nSPS) is 19.5. The van der Waals surface area contributed by atoms with Crippen molar-refractivity contribution >= 4 is 0 Å². The van der Waals surface area contributed by atoms with Crippen LogP contribution in [-0.2, 0) is 6.42 Å². The quantitative estimate of drug-likeness (QED) is 0.750. The molecule has 0 aliphatic carbocycles. The fourth-order valence-corrected chi connectivity index (χ4v) is 3.73. The zero-order valence-electron chi connectivity index (χ0n) is 14.0. The van der Waals surface area contributed by atoms with Gasteiger partial charge in [-0.1, -0.05) is 54.6 Å². The summed E-state index contributed by atoms with van der Waals surface area (Å²) in [5, 5.41) is 0. The molecule has 2 aromatic rings. The first-order valence-corrected chi connectivity index (χ1v) is 8.44. The van der Waals surface area contributed by atoms with Crippen LogP contribution in [0.15, 0.2) is 54.6 Å². The molecular weight excluding hydrogens is 266 g/mol. The summed E-state index contributed by atoms with van der Waals surface area (Å²) in [5.74, 6) is 0. The number of rotatable bonds is 3. The Morgan fingerprint density at radius 2 is 1.64 bits per heavy atom. The van der Waals surface area contributed by atoms with E-state index in [0.717, 1.165) is 6.42 Å². The maximum Gasteiger partial charge on any atom is 0.0356 e. The van der Waals surface area contributed by atoms with Crippen LogP contribution in [0.5, 0.6) is 0 Å². The Hall–Kier alpha value is -1.60. The predicted octanol–water partition coefficient (Wildman–Crippen LogP) is 5.21. The fourth-order valence-electron chi connectivity index (χ4n) is 3.73. The SMILES string of the molecule is CC(C)(C)N1CCCC1c1ccccc1Cc1ccccc1. The summed E-state index contributed by atoms with van der Waals surface area (Å²) >= 11 is 0. The van der Waals surface area contributed by atoms with Crippen LogP contribution in [0.2, 0.25) is 0 Å². The highest BCUT2D eigenvalue weighted by Crippen LogP contribution is 2.38. The molecule has 1 heteroatoms. The van der Waals surface area contributed by atoms with E-state index < -0.39 is 0 Å². The molecule has 1 unspecified atom stereocenters. The molecule has 3 rings (SSSR count). The minimum Gasteiger partial charge on any atom is -0.291 e. The summed E-state index contributed by atoms with van der Waals surface area (Å²) in [4.78, 5) is 2.68. The van der Waals surface area contributed by atoms with Gasteiger partial charge in [0.15, 0.2) is 0 Å². The van der Waals surface area contributed by atoms with Crippen LogP contribution >= 0.6 is 0 Å². The van der Waals surface area contributed by atoms with Crippen molar-refractivity contribution in [2.75, 3.05) is 6.54 Å². The highest BCUT2D eigenvalue weighted by molar-refractivity contribution is 5.35. The van der Waals surface area contributed by atoms with Crippen molar-refractivity contribution in [1.82, 2.24) is 4.90 Å². The van der Waals surface area contributed by atoms with Gasteiger partial charge in [-0.25, -0.2) is 0 Å². The summed E-state index contributed by atoms with van der Waals surface area (Å²) in [6.07, 6.45) is 3.62. The number of benzene rings is 2. The molecule has 1 aliphatic rings. The van der Waals surface area contributed by atoms with Crippen molar-refractivity contribution in [2.45, 2.75) is 51.6 Å². The summed E-state index contributed by atoms with van der Waals surface area (Å²) in [6.45, 7) is 8.23. The van der Waals surface area contributed by atoms with E-state index in [0.29, 0.717) is 6.04 Å². The van der Waals surface area contributed by atoms with E-state index in [9.17, 15) is 0 Å². The number of hydrogen-bond acceptors (Lipinski definition) is 1. The molecule has 1 fully saturated rings. The standard InChI is InChI=1S/C21H27N/c1-21(2,3)22-15-9-14-20(22)19-13-8-7-12-18(19)16-17-10-5-4-6-11-17/h4-8,10-13,20H,9,14-16H2,1-3H3. The van der Waals surface area contributed by atoms with Gasteiger partial charge in [-0.15, -0.1) is 0 Å². The molecule has 1 aliphatic heterocycles. The predicted molar refractivity (Wildman–Crippen MR) is 94.1 cm³/mol. The molecule has 0 saturated carbocycles. The zero-order valence-corrected chi connectivity index (χ0v) is 14.0. The smallest absolute Gasteiger partial charge is 0.0356 e. The average molecular weight is 293 g/mol. The first-order chi connectivity index (χ1) is 10.6. The average Bonchev–Trinajstić information content (AvgIpc) is 2.98. The van der Waals surface area contributed by atoms with E-state index in [1.165, 1.54) is 36.1 Å². The third-order valence-corrected chi connectivity index (χ3v) is 4.77. The number of nitrogens with zero attached hydrogens (tertiary/aromatic N) is 1. The fraction of sp³-hybridized carbons (Fsp3) is 0.429. The third-order valence-electron chi connectivity index (χ3n) is 4.77. The van der Waals surface area contributed by atoms with Crippen LogP contribution < -0.4 is 0 Å². The molecule has 116 valence electrons. The lowest BCUT2D eigenvalue weighted by atomic mass is 9.92. The molecule has 1 atom stereocenters. The van der Waals surface area contributed by atoms with Crippen LogP contribution in [0.3, 0.4) is 0 Å². The van der Waals surface area contributed by atoms with Crippen LogP contribution in [0, 0.1) is 0 Å². The monoisotopic (exact) mass is 293 g/mol. The summed E-state index contributed by atoms with van der Waals surface area (Å²) < 4.78 is 0. The lowest BCUT2D eigenvalue weighted by molar-refractivity contribution is 0.121. The number of likely N-dealkylation sites (tertiary alicyclic amines) is 1. The van der Waals surface area contributed by atoms with Crippen molar-refractivity contribution in [2.24, 2.45) is 0 Å². The van der Waals surface area contributed by atoms with Gasteiger partial charge in [0, 0.05) is 11.6 Å². The molecule has 1 nitrogen and oxygen atoms in total. The van der Waals surface area contributed by atoms with Crippen molar-refractivity contribution in [1.29, 1.82) is 0 Å². The van der Waals surface area contributed by atoms with Crippen molar-refractivity contribution in [3.63, 3.8) is 0 Å². The van der Waals surface area contributed by atoms with Crippen molar-refractivity contribution < 1.29 is 0 Å². The largest absolute Gasteiger partial charge is 0.291 e. The van der Waals surface area contributed by atoms with Gasteiger partial charge in [0.2, 0.25) is 0 Å². The molecule has 1 heterocycles. The highest BCUT2D eigenvalue weighted by atomic mass is 15.2. The molecular formula is C21H27N. The maximum absolute atomic E-state index is 2.68. The zero-order chi connectivity index (χ0) is 15.6. The van der Waals surface area contributed by atoms with Crippen LogP contribution in [0.1, 0.15) is 56.3 Å². The third kappa shape index (κ3) is 3.25. The molecule has 0 amide bonds. The first-order valence-electron chi connectivity index (χ1n) is 8.44. The lowest BCUT2D eigenvalue weighted by Crippen LogP contribution is -2.40. The second kappa shape index (κ2) is 6.26. The van der Waals surface area contributed by atoms with Crippen LogP contribution in [-0.4, -0.2) is 17.0 Å². The topological polar surface area (TPSA) is 3.24 Å². The van der Waals surface area contributed by atoms with E-state index in [4.69, 9.17) is 0 Å². The van der Waals surface area contributed by atoms with Gasteiger partial charge < -0.3 is 0 Å². The van der Waals surface area contributed by atoms with Gasteiger partial charge in [0.25, 0.3) is 0 Å². The first kappa shape index (κ1) is 15.3. The molecule has 0 radical (unpaired) electrons. The Morgan fingerprint density at radius 1 is 0.955 bits per heavy atom. The Morgan fingerprint density at radius 3 is 2.36 bits per heavy atom. The Kier molecular flexibility index (Phi) is 4.35. The van der Waals surface area contributed by atoms with Gasteiger partial charge >= 0.3 is 0 Å². The highest BCUT2D eigenvalue weighted by Gasteiger charge is 2.34. The molecule has 2 aromatic carbocycles. The summed E-state index contributed by atoms with van der Waals surface area (Å²) in [7, 11) is 0. The minimum atomic E-state index is 0.237. The van der Waals surface area contributed by atoms with Crippen LogP contribution in [0.25, 0.3) is 0 Å². The summed E-state index contributed by atoms with van der Waals surface area (Å²) in [6, 6.07) is 20.4. The molecule has 1 saturated heterocycles. The molecule has 22 heavy (non-hydrogen) atoms. The van der Waals surface area contributed by atoms with Gasteiger partial charge in [-0.2, -0.15) is 0 Å². The van der Waals surface area contributed by atoms with E-state index in [-0.39, 0.29) is 5.54 Å². The molecule has 0 aromatic heterocycles. The second-order valence-corrected chi connectivity index (χ2v) is 7.38. The Balaban J connectivity index is 1.91. The van der Waals surface area contributed by atoms with Crippen LogP contribution in [0.4, 0.5) is 0 Å². The summed E-state index contributed by atoms with van der Waals surface area (Å²) in [5.41, 5.74) is 4.64. The Bertz CT molecular complexity index is 609. The van der Waals surface area contributed by atoms with Gasteiger partial charge in [-0.3, -0.25) is 4.90 Å². The Labute approximate surface area is 135 Å². The molecule has 0 bridgehead atoms. The van der Waals surface area contributed by atoms with E-state index in [1.54, 1.807) is 0 Å². The second-order valence-electron chi connectivity index (χ2n) is 7.38. The lowest BCUT2D eigenvalue weighted by Gasteiger charge is -2.38. The van der Waals surface area contributed by atoms with E-state index in [1.807, 2.05) is 0 Å². The molecule has 0 spiro atoms. The maximum atomic E-state index is 2.68. The van der Waals surface area contributed by atoms with Gasteiger partial charge in [-0.05, 0) is 63.3 Å². The minimum absolute atomic E-state index is 0.237. The van der Waals surface area contributed by atoms with Gasteiger partial charge in [0.05, 0.1) is 0 Å².